The summed E-state index contributed by atoms with van der Waals surface area (Å²) in [6.45, 7) is 0.537. The summed E-state index contributed by atoms with van der Waals surface area (Å²) >= 11 is 0. The molecular weight excluding hydrogens is 276 g/mol. The minimum atomic E-state index is -3.83. The normalized spacial score (nSPS) is 11.3. The predicted molar refractivity (Wildman–Crippen MR) is 78.6 cm³/mol. The van der Waals surface area contributed by atoms with Crippen LogP contribution in [-0.2, 0) is 16.6 Å². The smallest absolute Gasteiger partial charge is 0.240 e. The van der Waals surface area contributed by atoms with Gasteiger partial charge in [0.1, 0.15) is 4.90 Å². The van der Waals surface area contributed by atoms with Gasteiger partial charge in [-0.3, -0.25) is 4.98 Å². The molecular formula is C13H16N4O2S. The second kappa shape index (κ2) is 5.48. The molecule has 1 heterocycles. The van der Waals surface area contributed by atoms with Gasteiger partial charge in [0.2, 0.25) is 10.0 Å². The molecule has 2 rings (SSSR count). The SMILES string of the molecule is CN(Cc1ccncc1)c1ccc(N)cc1S(N)(=O)=O. The quantitative estimate of drug-likeness (QED) is 0.817. The Hall–Kier alpha value is -2.12. The summed E-state index contributed by atoms with van der Waals surface area (Å²) in [7, 11) is -2.03. The van der Waals surface area contributed by atoms with E-state index in [1.54, 1.807) is 36.5 Å². The molecule has 0 aliphatic carbocycles. The Bertz CT molecular complexity index is 702. The number of nitrogens with zero attached hydrogens (tertiary/aromatic N) is 2. The molecule has 4 N–H and O–H groups in total. The summed E-state index contributed by atoms with van der Waals surface area (Å²) < 4.78 is 23.3. The molecule has 0 saturated heterocycles. The fourth-order valence-corrected chi connectivity index (χ4v) is 2.74. The molecule has 0 saturated carbocycles. The van der Waals surface area contributed by atoms with E-state index in [0.717, 1.165) is 5.56 Å². The number of aromatic nitrogens is 1. The van der Waals surface area contributed by atoms with E-state index in [-0.39, 0.29) is 4.90 Å². The number of rotatable bonds is 4. The van der Waals surface area contributed by atoms with Crippen LogP contribution < -0.4 is 15.8 Å². The number of hydrogen-bond acceptors (Lipinski definition) is 5. The van der Waals surface area contributed by atoms with Crippen molar-refractivity contribution in [2.75, 3.05) is 17.7 Å². The van der Waals surface area contributed by atoms with Crippen LogP contribution in [-0.4, -0.2) is 20.4 Å². The fraction of sp³-hybridized carbons (Fsp3) is 0.154. The molecule has 1 aromatic carbocycles. The lowest BCUT2D eigenvalue weighted by Crippen LogP contribution is -2.22. The van der Waals surface area contributed by atoms with Gasteiger partial charge in [0, 0.05) is 31.7 Å². The third-order valence-electron chi connectivity index (χ3n) is 2.87. The number of hydrogen-bond donors (Lipinski definition) is 2. The van der Waals surface area contributed by atoms with Crippen molar-refractivity contribution in [1.29, 1.82) is 0 Å². The first-order chi connectivity index (χ1) is 9.38. The molecule has 106 valence electrons. The standard InChI is InChI=1S/C13H16N4O2S/c1-17(9-10-4-6-16-7-5-10)12-3-2-11(14)8-13(12)20(15,18)19/h2-8H,9,14H2,1H3,(H2,15,18,19). The average Bonchev–Trinajstić information content (AvgIpc) is 2.38. The third kappa shape index (κ3) is 3.25. The van der Waals surface area contributed by atoms with Gasteiger partial charge in [-0.15, -0.1) is 0 Å². The first kappa shape index (κ1) is 14.3. The predicted octanol–water partition coefficient (Wildman–Crippen LogP) is 0.948. The highest BCUT2D eigenvalue weighted by atomic mass is 32.2. The monoisotopic (exact) mass is 292 g/mol. The van der Waals surface area contributed by atoms with Gasteiger partial charge in [-0.2, -0.15) is 0 Å². The Labute approximate surface area is 118 Å². The molecule has 0 atom stereocenters. The van der Waals surface area contributed by atoms with Gasteiger partial charge in [0.05, 0.1) is 5.69 Å². The Balaban J connectivity index is 2.37. The lowest BCUT2D eigenvalue weighted by atomic mass is 10.2. The van der Waals surface area contributed by atoms with Crippen LogP contribution >= 0.6 is 0 Å². The minimum Gasteiger partial charge on any atom is -0.399 e. The maximum atomic E-state index is 11.6. The van der Waals surface area contributed by atoms with Crippen LogP contribution in [0.5, 0.6) is 0 Å². The van der Waals surface area contributed by atoms with Gasteiger partial charge in [-0.1, -0.05) is 0 Å². The molecule has 0 aliphatic heterocycles. The van der Waals surface area contributed by atoms with Crippen LogP contribution in [0.2, 0.25) is 0 Å². The molecule has 0 amide bonds. The molecule has 0 bridgehead atoms. The molecule has 0 aliphatic rings. The third-order valence-corrected chi connectivity index (χ3v) is 3.81. The van der Waals surface area contributed by atoms with Crippen LogP contribution in [0, 0.1) is 0 Å². The van der Waals surface area contributed by atoms with E-state index in [2.05, 4.69) is 4.98 Å². The van der Waals surface area contributed by atoms with E-state index in [4.69, 9.17) is 10.9 Å². The van der Waals surface area contributed by atoms with Crippen LogP contribution in [0.1, 0.15) is 5.56 Å². The Kier molecular flexibility index (Phi) is 3.91. The van der Waals surface area contributed by atoms with Gasteiger partial charge < -0.3 is 10.6 Å². The molecule has 0 spiro atoms. The number of nitrogens with two attached hydrogens (primary N) is 2. The molecule has 6 nitrogen and oxygen atoms in total. The molecule has 2 aromatic rings. The Morgan fingerprint density at radius 2 is 1.85 bits per heavy atom. The highest BCUT2D eigenvalue weighted by Gasteiger charge is 2.17. The maximum Gasteiger partial charge on any atom is 0.240 e. The van der Waals surface area contributed by atoms with Gasteiger partial charge in [-0.25, -0.2) is 13.6 Å². The molecule has 0 fully saturated rings. The Morgan fingerprint density at radius 1 is 1.20 bits per heavy atom. The average molecular weight is 292 g/mol. The number of benzene rings is 1. The van der Waals surface area contributed by atoms with E-state index in [9.17, 15) is 8.42 Å². The van der Waals surface area contributed by atoms with E-state index in [0.29, 0.717) is 17.9 Å². The summed E-state index contributed by atoms with van der Waals surface area (Å²) in [6.07, 6.45) is 3.37. The van der Waals surface area contributed by atoms with Crippen molar-refractivity contribution in [3.8, 4) is 0 Å². The zero-order valence-corrected chi connectivity index (χ0v) is 11.8. The second-order valence-corrected chi connectivity index (χ2v) is 6.01. The molecule has 7 heteroatoms. The number of pyridine rings is 1. The first-order valence-corrected chi connectivity index (χ1v) is 7.45. The number of sulfonamides is 1. The zero-order chi connectivity index (χ0) is 14.8. The summed E-state index contributed by atoms with van der Waals surface area (Å²) in [5.74, 6) is 0. The van der Waals surface area contributed by atoms with E-state index in [1.807, 2.05) is 12.1 Å². The summed E-state index contributed by atoms with van der Waals surface area (Å²) in [5.41, 5.74) is 7.51. The first-order valence-electron chi connectivity index (χ1n) is 5.90. The van der Waals surface area contributed by atoms with E-state index >= 15 is 0 Å². The Morgan fingerprint density at radius 3 is 2.45 bits per heavy atom. The fourth-order valence-electron chi connectivity index (χ4n) is 1.92. The topological polar surface area (TPSA) is 102 Å². The zero-order valence-electron chi connectivity index (χ0n) is 11.0. The molecule has 1 aromatic heterocycles. The minimum absolute atomic E-state index is 0.0223. The number of primary sulfonamides is 1. The van der Waals surface area contributed by atoms with Crippen molar-refractivity contribution in [2.24, 2.45) is 5.14 Å². The number of anilines is 2. The van der Waals surface area contributed by atoms with Gasteiger partial charge in [0.25, 0.3) is 0 Å². The second-order valence-electron chi connectivity index (χ2n) is 4.48. The molecule has 20 heavy (non-hydrogen) atoms. The van der Waals surface area contributed by atoms with Gasteiger partial charge in [0.15, 0.2) is 0 Å². The van der Waals surface area contributed by atoms with E-state index < -0.39 is 10.0 Å². The molecule has 0 unspecified atom stereocenters. The van der Waals surface area contributed by atoms with Crippen molar-refractivity contribution in [3.63, 3.8) is 0 Å². The number of nitrogen functional groups attached to an aromatic ring is 1. The summed E-state index contributed by atoms with van der Waals surface area (Å²) in [6, 6.07) is 8.39. The van der Waals surface area contributed by atoms with E-state index in [1.165, 1.54) is 6.07 Å². The van der Waals surface area contributed by atoms with Gasteiger partial charge in [-0.05, 0) is 35.9 Å². The van der Waals surface area contributed by atoms with Crippen LogP contribution in [0.3, 0.4) is 0 Å². The van der Waals surface area contributed by atoms with Crippen LogP contribution in [0.4, 0.5) is 11.4 Å². The van der Waals surface area contributed by atoms with Crippen molar-refractivity contribution in [2.45, 2.75) is 11.4 Å². The lowest BCUT2D eigenvalue weighted by molar-refractivity contribution is 0.597. The van der Waals surface area contributed by atoms with Crippen LogP contribution in [0.25, 0.3) is 0 Å². The van der Waals surface area contributed by atoms with Crippen LogP contribution in [0.15, 0.2) is 47.6 Å². The van der Waals surface area contributed by atoms with Crippen molar-refractivity contribution < 1.29 is 8.42 Å². The summed E-state index contributed by atoms with van der Waals surface area (Å²) in [4.78, 5) is 5.77. The van der Waals surface area contributed by atoms with Crippen molar-refractivity contribution in [1.82, 2.24) is 4.98 Å². The van der Waals surface area contributed by atoms with Crippen molar-refractivity contribution >= 4 is 21.4 Å². The van der Waals surface area contributed by atoms with Crippen molar-refractivity contribution in [3.05, 3.63) is 48.3 Å². The lowest BCUT2D eigenvalue weighted by Gasteiger charge is -2.22. The largest absolute Gasteiger partial charge is 0.399 e. The highest BCUT2D eigenvalue weighted by Crippen LogP contribution is 2.26. The highest BCUT2D eigenvalue weighted by molar-refractivity contribution is 7.89. The maximum absolute atomic E-state index is 11.6. The summed E-state index contributed by atoms with van der Waals surface area (Å²) in [5, 5.41) is 5.24. The molecule has 0 radical (unpaired) electrons. The van der Waals surface area contributed by atoms with Gasteiger partial charge >= 0.3 is 0 Å².